The highest BCUT2D eigenvalue weighted by molar-refractivity contribution is 5.64. The number of ether oxygens (including phenoxy) is 2. The number of rotatable bonds is 10. The molecule has 0 aliphatic carbocycles. The molecule has 0 heterocycles. The van der Waals surface area contributed by atoms with Crippen molar-refractivity contribution in [2.75, 3.05) is 0 Å². The molecule has 3 aromatic rings. The van der Waals surface area contributed by atoms with E-state index in [4.69, 9.17) is 0 Å². The molecule has 0 unspecified atom stereocenters. The molecule has 190 valence electrons. The first-order valence-corrected chi connectivity index (χ1v) is 10.4. The van der Waals surface area contributed by atoms with Crippen LogP contribution in [0.5, 0.6) is 11.5 Å². The molecule has 0 spiro atoms. The Morgan fingerprint density at radius 3 is 1.94 bits per heavy atom. The molecule has 0 aliphatic heterocycles. The zero-order chi connectivity index (χ0) is 26.5. The second kappa shape index (κ2) is 11.3. The van der Waals surface area contributed by atoms with Crippen molar-refractivity contribution in [3.8, 4) is 22.6 Å². The molecule has 36 heavy (non-hydrogen) atoms. The molecule has 3 rings (SSSR count). The van der Waals surface area contributed by atoms with Crippen LogP contribution < -0.4 is 9.47 Å². The van der Waals surface area contributed by atoms with E-state index in [0.717, 1.165) is 24.8 Å². The van der Waals surface area contributed by atoms with Crippen molar-refractivity contribution >= 4 is 0 Å². The van der Waals surface area contributed by atoms with Crippen molar-refractivity contribution in [2.45, 2.75) is 25.4 Å². The van der Waals surface area contributed by atoms with Gasteiger partial charge in [0.1, 0.15) is 22.9 Å². The number of hydrogen-bond acceptors (Lipinski definition) is 2. The van der Waals surface area contributed by atoms with Crippen molar-refractivity contribution in [2.24, 2.45) is 0 Å². The summed E-state index contributed by atoms with van der Waals surface area (Å²) < 4.78 is 119. The van der Waals surface area contributed by atoms with Crippen LogP contribution >= 0.6 is 0 Å². The number of alkyl halides is 2. The monoisotopic (exact) mass is 514 g/mol. The summed E-state index contributed by atoms with van der Waals surface area (Å²) in [7, 11) is 0. The van der Waals surface area contributed by atoms with Crippen LogP contribution in [-0.4, -0.2) is 0 Å². The van der Waals surface area contributed by atoms with Crippen LogP contribution in [0.4, 0.5) is 35.1 Å². The molecule has 0 amide bonds. The Kier molecular flexibility index (Phi) is 8.39. The van der Waals surface area contributed by atoms with E-state index < -0.39 is 52.5 Å². The lowest BCUT2D eigenvalue weighted by atomic mass is 9.99. The number of hydrogen-bond donors (Lipinski definition) is 0. The zero-order valence-electron chi connectivity index (χ0n) is 18.4. The summed E-state index contributed by atoms with van der Waals surface area (Å²) >= 11 is 0. The Morgan fingerprint density at radius 2 is 1.42 bits per heavy atom. The maximum atomic E-state index is 14.6. The lowest BCUT2D eigenvalue weighted by Crippen LogP contribution is -2.25. The van der Waals surface area contributed by atoms with Gasteiger partial charge in [0.2, 0.25) is 0 Å². The topological polar surface area (TPSA) is 18.5 Å². The van der Waals surface area contributed by atoms with Gasteiger partial charge in [0, 0.05) is 12.1 Å². The molecular weight excluding hydrogens is 496 g/mol. The van der Waals surface area contributed by atoms with Crippen LogP contribution in [0.25, 0.3) is 11.1 Å². The Morgan fingerprint density at radius 1 is 0.833 bits per heavy atom. The van der Waals surface area contributed by atoms with E-state index in [2.05, 4.69) is 16.1 Å². The van der Waals surface area contributed by atoms with Crippen LogP contribution in [0.2, 0.25) is 0 Å². The second-order valence-corrected chi connectivity index (χ2v) is 7.55. The molecule has 0 aliphatic rings. The zero-order valence-corrected chi connectivity index (χ0v) is 18.4. The molecule has 2 nitrogen and oxygen atoms in total. The van der Waals surface area contributed by atoms with E-state index in [1.54, 1.807) is 30.3 Å². The van der Waals surface area contributed by atoms with Gasteiger partial charge >= 0.3 is 12.2 Å². The third-order valence-electron chi connectivity index (χ3n) is 4.98. The summed E-state index contributed by atoms with van der Waals surface area (Å²) in [6, 6.07) is 8.41. The molecule has 0 N–H and O–H groups in total. The lowest BCUT2D eigenvalue weighted by molar-refractivity contribution is -0.189. The molecule has 0 aromatic heterocycles. The summed E-state index contributed by atoms with van der Waals surface area (Å²) in [5, 5.41) is 0. The van der Waals surface area contributed by atoms with Gasteiger partial charge in [-0.05, 0) is 48.1 Å². The smallest absolute Gasteiger partial charge is 0.432 e. The highest BCUT2D eigenvalue weighted by atomic mass is 19.3. The SMILES string of the molecule is C=CCCCc1ccc(-c2cc(F)c(C(F)(F)Oc3cc(F)c(OC=C(F)F)c(F)c3)c(F)c2)cc1. The Hall–Kier alpha value is -3.82. The fourth-order valence-electron chi connectivity index (χ4n) is 3.34. The van der Waals surface area contributed by atoms with Crippen molar-refractivity contribution < 1.29 is 44.6 Å². The van der Waals surface area contributed by atoms with Crippen molar-refractivity contribution in [3.05, 3.63) is 108 Å². The summed E-state index contributed by atoms with van der Waals surface area (Å²) in [6.45, 7) is 3.64. The molecule has 10 heteroatoms. The average molecular weight is 514 g/mol. The Bertz CT molecular complexity index is 1220. The largest absolute Gasteiger partial charge is 0.453 e. The molecular formula is C26H18F8O2. The van der Waals surface area contributed by atoms with Crippen molar-refractivity contribution in [1.82, 2.24) is 0 Å². The molecule has 0 radical (unpaired) electrons. The maximum absolute atomic E-state index is 14.6. The van der Waals surface area contributed by atoms with E-state index >= 15 is 0 Å². The molecule has 0 bridgehead atoms. The van der Waals surface area contributed by atoms with E-state index in [9.17, 15) is 35.1 Å². The van der Waals surface area contributed by atoms with Crippen molar-refractivity contribution in [3.63, 3.8) is 0 Å². The highest BCUT2D eigenvalue weighted by Gasteiger charge is 2.41. The lowest BCUT2D eigenvalue weighted by Gasteiger charge is -2.20. The fourth-order valence-corrected chi connectivity index (χ4v) is 3.34. The van der Waals surface area contributed by atoms with E-state index in [0.29, 0.717) is 17.7 Å². The summed E-state index contributed by atoms with van der Waals surface area (Å²) in [5.74, 6) is -9.12. The van der Waals surface area contributed by atoms with Gasteiger partial charge in [-0.2, -0.15) is 17.6 Å². The maximum Gasteiger partial charge on any atom is 0.432 e. The van der Waals surface area contributed by atoms with Gasteiger partial charge in [0.05, 0.1) is 0 Å². The van der Waals surface area contributed by atoms with E-state index in [1.165, 1.54) is 0 Å². The third-order valence-corrected chi connectivity index (χ3v) is 4.98. The minimum atomic E-state index is -4.69. The van der Waals surface area contributed by atoms with Crippen LogP contribution in [0, 0.1) is 23.3 Å². The minimum absolute atomic E-state index is 0.0195. The first kappa shape index (κ1) is 26.8. The summed E-state index contributed by atoms with van der Waals surface area (Å²) in [4.78, 5) is 0. The quantitative estimate of drug-likeness (QED) is 0.117. The van der Waals surface area contributed by atoms with Gasteiger partial charge in [0.15, 0.2) is 23.6 Å². The normalized spacial score (nSPS) is 11.2. The number of allylic oxidation sites excluding steroid dienone is 1. The van der Waals surface area contributed by atoms with Gasteiger partial charge in [-0.3, -0.25) is 0 Å². The van der Waals surface area contributed by atoms with Crippen LogP contribution in [0.15, 0.2) is 73.5 Å². The fraction of sp³-hybridized carbons (Fsp3) is 0.154. The Labute approximate surface area is 201 Å². The third kappa shape index (κ3) is 6.44. The molecule has 0 atom stereocenters. The predicted octanol–water partition coefficient (Wildman–Crippen LogP) is 8.66. The molecule has 0 saturated carbocycles. The van der Waals surface area contributed by atoms with Gasteiger partial charge < -0.3 is 9.47 Å². The van der Waals surface area contributed by atoms with Gasteiger partial charge in [-0.15, -0.1) is 6.58 Å². The Balaban J connectivity index is 1.85. The highest BCUT2D eigenvalue weighted by Crippen LogP contribution is 2.38. The van der Waals surface area contributed by atoms with E-state index in [1.807, 2.05) is 0 Å². The standard InChI is InChI=1S/C26H18F8O2/c1-2-3-4-5-15-6-8-16(9-7-15)17-10-19(27)24(20(28)11-17)26(33,34)36-18-12-21(29)25(22(30)13-18)35-14-23(31)32/h2,6-14H,1,3-5H2. The van der Waals surface area contributed by atoms with E-state index in [-0.39, 0.29) is 24.0 Å². The molecule has 0 saturated heterocycles. The van der Waals surface area contributed by atoms with Gasteiger partial charge in [-0.1, -0.05) is 30.3 Å². The summed E-state index contributed by atoms with van der Waals surface area (Å²) in [6.07, 6.45) is -3.12. The average Bonchev–Trinajstić information content (AvgIpc) is 2.78. The van der Waals surface area contributed by atoms with Gasteiger partial charge in [0.25, 0.3) is 0 Å². The predicted molar refractivity (Wildman–Crippen MR) is 117 cm³/mol. The number of unbranched alkanes of at least 4 members (excludes halogenated alkanes) is 1. The second-order valence-electron chi connectivity index (χ2n) is 7.55. The number of aryl methyl sites for hydroxylation is 1. The first-order chi connectivity index (χ1) is 17.0. The van der Waals surface area contributed by atoms with Crippen LogP contribution in [-0.2, 0) is 12.5 Å². The van der Waals surface area contributed by atoms with Crippen molar-refractivity contribution in [1.29, 1.82) is 0 Å². The first-order valence-electron chi connectivity index (χ1n) is 10.4. The molecule has 0 fully saturated rings. The summed E-state index contributed by atoms with van der Waals surface area (Å²) in [5.41, 5.74) is -0.459. The van der Waals surface area contributed by atoms with Crippen LogP contribution in [0.1, 0.15) is 24.0 Å². The van der Waals surface area contributed by atoms with Crippen LogP contribution in [0.3, 0.4) is 0 Å². The number of benzene rings is 3. The molecule has 3 aromatic carbocycles. The minimum Gasteiger partial charge on any atom is -0.453 e. The number of halogens is 8. The van der Waals surface area contributed by atoms with Gasteiger partial charge in [-0.25, -0.2) is 17.6 Å².